The largest absolute Gasteiger partial charge is 0.491 e. The lowest BCUT2D eigenvalue weighted by Crippen LogP contribution is -2.37. The summed E-state index contributed by atoms with van der Waals surface area (Å²) in [5, 5.41) is 4.02. The first kappa shape index (κ1) is 15.4. The second-order valence-electron chi connectivity index (χ2n) is 5.00. The van der Waals surface area contributed by atoms with Gasteiger partial charge in [-0.3, -0.25) is 9.69 Å². The minimum absolute atomic E-state index is 0.0690. The summed E-state index contributed by atoms with van der Waals surface area (Å²) in [6.45, 7) is 1.50. The van der Waals surface area contributed by atoms with Gasteiger partial charge < -0.3 is 10.1 Å². The Bertz CT molecular complexity index is 478. The van der Waals surface area contributed by atoms with Crippen LogP contribution in [0.15, 0.2) is 18.2 Å². The van der Waals surface area contributed by atoms with E-state index in [4.69, 9.17) is 27.9 Å². The first-order chi connectivity index (χ1) is 9.54. The normalized spacial score (nSPS) is 14.4. The summed E-state index contributed by atoms with van der Waals surface area (Å²) in [4.78, 5) is 13.5. The first-order valence-electron chi connectivity index (χ1n) is 6.60. The van der Waals surface area contributed by atoms with Gasteiger partial charge in [-0.15, -0.1) is 0 Å². The second-order valence-corrected chi connectivity index (χ2v) is 5.85. The molecule has 0 radical (unpaired) electrons. The minimum Gasteiger partial charge on any atom is -0.491 e. The molecule has 2 rings (SSSR count). The second kappa shape index (κ2) is 7.16. The molecular formula is C14H18Cl2N2O2. The van der Waals surface area contributed by atoms with E-state index in [0.29, 0.717) is 41.5 Å². The fraction of sp³-hybridized carbons (Fsp3) is 0.500. The van der Waals surface area contributed by atoms with Crippen molar-refractivity contribution in [1.82, 2.24) is 10.2 Å². The first-order valence-corrected chi connectivity index (χ1v) is 7.36. The van der Waals surface area contributed by atoms with Crippen molar-refractivity contribution >= 4 is 29.1 Å². The van der Waals surface area contributed by atoms with Gasteiger partial charge in [0.05, 0.1) is 11.6 Å². The number of carbonyl (C=O) groups is 1. The number of hydrogen-bond acceptors (Lipinski definition) is 3. The molecule has 1 aromatic rings. The maximum atomic E-state index is 11.6. The molecule has 1 aliphatic rings. The van der Waals surface area contributed by atoms with E-state index in [1.54, 1.807) is 18.2 Å². The molecule has 0 aromatic heterocycles. The number of halogens is 2. The lowest BCUT2D eigenvalue weighted by Gasteiger charge is -2.17. The van der Waals surface area contributed by atoms with E-state index in [1.165, 1.54) is 0 Å². The number of benzene rings is 1. The van der Waals surface area contributed by atoms with Gasteiger partial charge in [0, 0.05) is 17.6 Å². The third-order valence-corrected chi connectivity index (χ3v) is 3.51. The lowest BCUT2D eigenvalue weighted by molar-refractivity contribution is -0.122. The SMILES string of the molecule is CN(CCOc1ccc(Cl)cc1Cl)CC(=O)NC1CC1. The van der Waals surface area contributed by atoms with Gasteiger partial charge in [-0.2, -0.15) is 0 Å². The quantitative estimate of drug-likeness (QED) is 0.840. The van der Waals surface area contributed by atoms with Crippen molar-refractivity contribution < 1.29 is 9.53 Å². The van der Waals surface area contributed by atoms with Gasteiger partial charge in [0.1, 0.15) is 12.4 Å². The van der Waals surface area contributed by atoms with Crippen molar-refractivity contribution in [3.63, 3.8) is 0 Å². The standard InChI is InChI=1S/C14H18Cl2N2O2/c1-18(9-14(19)17-11-3-4-11)6-7-20-13-5-2-10(15)8-12(13)16/h2,5,8,11H,3-4,6-7,9H2,1H3,(H,17,19). The molecule has 0 atom stereocenters. The number of ether oxygens (including phenoxy) is 1. The van der Waals surface area contributed by atoms with Crippen LogP contribution in [0.2, 0.25) is 10.0 Å². The Hall–Kier alpha value is -0.970. The van der Waals surface area contributed by atoms with Crippen molar-refractivity contribution in [1.29, 1.82) is 0 Å². The van der Waals surface area contributed by atoms with Gasteiger partial charge in [0.25, 0.3) is 0 Å². The molecule has 0 heterocycles. The highest BCUT2D eigenvalue weighted by molar-refractivity contribution is 6.35. The van der Waals surface area contributed by atoms with Crippen molar-refractivity contribution in [2.45, 2.75) is 18.9 Å². The number of carbonyl (C=O) groups excluding carboxylic acids is 1. The third-order valence-electron chi connectivity index (χ3n) is 2.98. The summed E-state index contributed by atoms with van der Waals surface area (Å²) in [5.74, 6) is 0.673. The zero-order valence-corrected chi connectivity index (χ0v) is 12.9. The molecule has 0 aliphatic heterocycles. The van der Waals surface area contributed by atoms with E-state index < -0.39 is 0 Å². The summed E-state index contributed by atoms with van der Waals surface area (Å²) < 4.78 is 5.57. The average molecular weight is 317 g/mol. The minimum atomic E-state index is 0.0690. The number of nitrogens with one attached hydrogen (secondary N) is 1. The Labute approximate surface area is 129 Å². The van der Waals surface area contributed by atoms with E-state index in [2.05, 4.69) is 5.32 Å². The van der Waals surface area contributed by atoms with E-state index in [-0.39, 0.29) is 5.91 Å². The maximum absolute atomic E-state index is 11.6. The van der Waals surface area contributed by atoms with Gasteiger partial charge >= 0.3 is 0 Å². The molecule has 1 aromatic carbocycles. The van der Waals surface area contributed by atoms with Crippen LogP contribution in [-0.4, -0.2) is 43.6 Å². The van der Waals surface area contributed by atoms with Gasteiger partial charge in [-0.1, -0.05) is 23.2 Å². The maximum Gasteiger partial charge on any atom is 0.234 e. The van der Waals surface area contributed by atoms with Crippen molar-refractivity contribution in [3.05, 3.63) is 28.2 Å². The molecule has 0 spiro atoms. The van der Waals surface area contributed by atoms with Crippen LogP contribution in [0.3, 0.4) is 0 Å². The van der Waals surface area contributed by atoms with Crippen LogP contribution in [-0.2, 0) is 4.79 Å². The number of amides is 1. The Morgan fingerprint density at radius 3 is 2.85 bits per heavy atom. The van der Waals surface area contributed by atoms with Crippen molar-refractivity contribution in [2.24, 2.45) is 0 Å². The molecule has 1 amide bonds. The Morgan fingerprint density at radius 2 is 2.20 bits per heavy atom. The van der Waals surface area contributed by atoms with Crippen LogP contribution < -0.4 is 10.1 Å². The average Bonchev–Trinajstić information content (AvgIpc) is 3.15. The zero-order chi connectivity index (χ0) is 14.5. The molecule has 1 fully saturated rings. The van der Waals surface area contributed by atoms with Crippen LogP contribution in [0.1, 0.15) is 12.8 Å². The molecule has 20 heavy (non-hydrogen) atoms. The Morgan fingerprint density at radius 1 is 1.45 bits per heavy atom. The molecule has 1 N–H and O–H groups in total. The smallest absolute Gasteiger partial charge is 0.234 e. The van der Waals surface area contributed by atoms with E-state index in [9.17, 15) is 4.79 Å². The van der Waals surface area contributed by atoms with E-state index >= 15 is 0 Å². The summed E-state index contributed by atoms with van der Waals surface area (Å²) in [6, 6.07) is 5.52. The molecule has 110 valence electrons. The van der Waals surface area contributed by atoms with E-state index in [1.807, 2.05) is 11.9 Å². The number of rotatable bonds is 7. The van der Waals surface area contributed by atoms with Crippen molar-refractivity contribution in [2.75, 3.05) is 26.7 Å². The summed E-state index contributed by atoms with van der Waals surface area (Å²) in [6.07, 6.45) is 2.21. The number of likely N-dealkylation sites (N-methyl/N-ethyl adjacent to an activating group) is 1. The molecule has 0 saturated heterocycles. The van der Waals surface area contributed by atoms with E-state index in [0.717, 1.165) is 12.8 Å². The van der Waals surface area contributed by atoms with Crippen LogP contribution in [0.25, 0.3) is 0 Å². The summed E-state index contributed by atoms with van der Waals surface area (Å²) >= 11 is 11.8. The summed E-state index contributed by atoms with van der Waals surface area (Å²) in [7, 11) is 1.89. The van der Waals surface area contributed by atoms with Crippen LogP contribution in [0.4, 0.5) is 0 Å². The van der Waals surface area contributed by atoms with Crippen LogP contribution in [0, 0.1) is 0 Å². The molecule has 1 aliphatic carbocycles. The highest BCUT2D eigenvalue weighted by Gasteiger charge is 2.23. The monoisotopic (exact) mass is 316 g/mol. The lowest BCUT2D eigenvalue weighted by atomic mass is 10.3. The van der Waals surface area contributed by atoms with Crippen LogP contribution >= 0.6 is 23.2 Å². The number of nitrogens with zero attached hydrogens (tertiary/aromatic N) is 1. The van der Waals surface area contributed by atoms with Gasteiger partial charge in [0.2, 0.25) is 5.91 Å². The molecule has 0 unspecified atom stereocenters. The molecule has 4 nitrogen and oxygen atoms in total. The van der Waals surface area contributed by atoms with Gasteiger partial charge in [-0.25, -0.2) is 0 Å². The fourth-order valence-corrected chi connectivity index (χ4v) is 2.19. The highest BCUT2D eigenvalue weighted by Crippen LogP contribution is 2.27. The molecule has 1 saturated carbocycles. The van der Waals surface area contributed by atoms with Crippen LogP contribution in [0.5, 0.6) is 5.75 Å². The number of hydrogen-bond donors (Lipinski definition) is 1. The van der Waals surface area contributed by atoms with Crippen molar-refractivity contribution in [3.8, 4) is 5.75 Å². The molecule has 6 heteroatoms. The Kier molecular flexibility index (Phi) is 5.52. The topological polar surface area (TPSA) is 41.6 Å². The predicted octanol–water partition coefficient (Wildman–Crippen LogP) is 2.58. The zero-order valence-electron chi connectivity index (χ0n) is 11.4. The van der Waals surface area contributed by atoms with Gasteiger partial charge in [0.15, 0.2) is 0 Å². The highest BCUT2D eigenvalue weighted by atomic mass is 35.5. The third kappa shape index (κ3) is 5.19. The Balaban J connectivity index is 1.67. The van der Waals surface area contributed by atoms with Gasteiger partial charge in [-0.05, 0) is 38.1 Å². The fourth-order valence-electron chi connectivity index (χ4n) is 1.73. The summed E-state index contributed by atoms with van der Waals surface area (Å²) in [5.41, 5.74) is 0. The molecule has 0 bridgehead atoms. The predicted molar refractivity (Wildman–Crippen MR) is 80.6 cm³/mol. The molecular weight excluding hydrogens is 299 g/mol.